The predicted octanol–water partition coefficient (Wildman–Crippen LogP) is 10.8. The van der Waals surface area contributed by atoms with Gasteiger partial charge in [0.1, 0.15) is 11.5 Å². The van der Waals surface area contributed by atoms with E-state index in [4.69, 9.17) is 6.85 Å². The van der Waals surface area contributed by atoms with Gasteiger partial charge in [-0.1, -0.05) is 118 Å². The van der Waals surface area contributed by atoms with Gasteiger partial charge in [-0.3, -0.25) is 4.98 Å². The summed E-state index contributed by atoms with van der Waals surface area (Å²) in [7, 11) is 0. The Morgan fingerprint density at radius 2 is 1.42 bits per heavy atom. The van der Waals surface area contributed by atoms with E-state index in [1.807, 2.05) is 61.7 Å². The van der Waals surface area contributed by atoms with Crippen LogP contribution in [0.2, 0.25) is 0 Å². The molecule has 4 aromatic carbocycles. The molecular weight excluding hydrogens is 832 g/mol. The van der Waals surface area contributed by atoms with Crippen LogP contribution < -0.4 is 9.15 Å². The summed E-state index contributed by atoms with van der Waals surface area (Å²) in [6.07, 6.45) is 3.19. The number of aromatic nitrogens is 3. The van der Waals surface area contributed by atoms with E-state index in [1.54, 1.807) is 36.5 Å². The number of fused-ring (bicyclic) bond motifs is 4. The number of alkyl halides is 2. The van der Waals surface area contributed by atoms with Crippen LogP contribution in [-0.2, 0) is 37.8 Å². The molecule has 8 heteroatoms. The van der Waals surface area contributed by atoms with Crippen molar-refractivity contribution in [2.24, 2.45) is 0 Å². The van der Waals surface area contributed by atoms with Crippen molar-refractivity contribution < 1.29 is 36.7 Å². The van der Waals surface area contributed by atoms with Gasteiger partial charge in [-0.25, -0.2) is 4.98 Å². The zero-order chi connectivity index (χ0) is 40.1. The molecule has 52 heavy (non-hydrogen) atoms. The van der Waals surface area contributed by atoms with Crippen LogP contribution in [0, 0.1) is 12.1 Å². The SMILES string of the molecule is [2H]c1c([2H])c([2H])c([N+]2=C=[N+](c3[c-]c(C(F)(F)c4[c-]c5c(cn4)c4ccccc4n5-c4cc(C(C)(C)C)ccn4)cc(C(C)(C)C)c3)c3ccccc32)c([2H])c1[2H].[Pt+2]. The van der Waals surface area contributed by atoms with Crippen molar-refractivity contribution in [2.75, 3.05) is 0 Å². The molecule has 0 saturated carbocycles. The van der Waals surface area contributed by atoms with Crippen LogP contribution in [0.4, 0.5) is 31.5 Å². The minimum atomic E-state index is -3.68. The molecule has 0 atom stereocenters. The van der Waals surface area contributed by atoms with E-state index in [2.05, 4.69) is 48.9 Å². The predicted molar refractivity (Wildman–Crippen MR) is 202 cm³/mol. The number of nitrogens with zero attached hydrogens (tertiary/aromatic N) is 5. The van der Waals surface area contributed by atoms with Crippen molar-refractivity contribution in [3.05, 3.63) is 150 Å². The van der Waals surface area contributed by atoms with E-state index in [9.17, 15) is 0 Å². The third kappa shape index (κ3) is 6.02. The molecule has 5 nitrogen and oxygen atoms in total. The van der Waals surface area contributed by atoms with E-state index in [1.165, 1.54) is 21.4 Å². The maximum Gasteiger partial charge on any atom is 2.00 e. The van der Waals surface area contributed by atoms with Gasteiger partial charge in [-0.05, 0) is 45.4 Å². The second-order valence-corrected chi connectivity index (χ2v) is 14.7. The summed E-state index contributed by atoms with van der Waals surface area (Å²) in [6.45, 7) is 12.1. The van der Waals surface area contributed by atoms with Gasteiger partial charge >= 0.3 is 27.1 Å². The van der Waals surface area contributed by atoms with Gasteiger partial charge in [0.15, 0.2) is 0 Å². The molecule has 8 rings (SSSR count). The van der Waals surface area contributed by atoms with Gasteiger partial charge in [0, 0.05) is 41.6 Å². The Labute approximate surface area is 323 Å². The molecule has 4 heterocycles. The van der Waals surface area contributed by atoms with E-state index >= 15 is 8.78 Å². The Morgan fingerprint density at radius 1 is 0.750 bits per heavy atom. The quantitative estimate of drug-likeness (QED) is 0.128. The molecule has 0 aliphatic carbocycles. The Kier molecular flexibility index (Phi) is 7.28. The van der Waals surface area contributed by atoms with Crippen LogP contribution >= 0.6 is 0 Å². The van der Waals surface area contributed by atoms with Crippen LogP contribution in [-0.4, -0.2) is 20.5 Å². The fraction of sp³-hybridized carbons (Fsp3) is 0.205. The number of hydrogen-bond donors (Lipinski definition) is 0. The topological polar surface area (TPSA) is 36.7 Å². The van der Waals surface area contributed by atoms with E-state index in [-0.39, 0.29) is 37.9 Å². The average Bonchev–Trinajstić information content (AvgIpc) is 3.71. The second-order valence-electron chi connectivity index (χ2n) is 14.7. The smallest absolute Gasteiger partial charge is 0.331 e. The normalized spacial score (nSPS) is 14.5. The van der Waals surface area contributed by atoms with E-state index < -0.39 is 52.8 Å². The minimum absolute atomic E-state index is 0. The van der Waals surface area contributed by atoms with Crippen LogP contribution in [0.3, 0.4) is 0 Å². The zero-order valence-corrected chi connectivity index (χ0v) is 31.7. The first-order valence-electron chi connectivity index (χ1n) is 19.2. The monoisotopic (exact) mass is 873 g/mol. The molecule has 0 N–H and O–H groups in total. The summed E-state index contributed by atoms with van der Waals surface area (Å²) in [6, 6.07) is 28.4. The minimum Gasteiger partial charge on any atom is -0.331 e. The Bertz CT molecular complexity index is 2840. The van der Waals surface area contributed by atoms with E-state index in [0.717, 1.165) is 16.5 Å². The maximum absolute atomic E-state index is 17.2. The number of benzene rings is 4. The number of halogens is 2. The van der Waals surface area contributed by atoms with Crippen molar-refractivity contribution in [1.29, 1.82) is 0 Å². The van der Waals surface area contributed by atoms with Gasteiger partial charge in [-0.15, -0.1) is 16.5 Å². The van der Waals surface area contributed by atoms with Crippen molar-refractivity contribution in [3.8, 4) is 5.82 Å². The summed E-state index contributed by atoms with van der Waals surface area (Å²) in [5, 5.41) is 1.48. The Balaban J connectivity index is 0.00000496. The molecule has 0 fully saturated rings. The van der Waals surface area contributed by atoms with Crippen LogP contribution in [0.15, 0.2) is 115 Å². The first kappa shape index (κ1) is 29.5. The third-order valence-corrected chi connectivity index (χ3v) is 9.19. The summed E-state index contributed by atoms with van der Waals surface area (Å²) >= 11 is 0. The summed E-state index contributed by atoms with van der Waals surface area (Å²) in [4.78, 5) is 9.00. The summed E-state index contributed by atoms with van der Waals surface area (Å²) in [5.41, 5.74) is 2.06. The van der Waals surface area contributed by atoms with Gasteiger partial charge < -0.3 is 4.57 Å². The van der Waals surface area contributed by atoms with Crippen LogP contribution in [0.1, 0.15) is 70.8 Å². The first-order chi connectivity index (χ1) is 26.4. The summed E-state index contributed by atoms with van der Waals surface area (Å²) < 4.78 is 81.1. The second kappa shape index (κ2) is 12.8. The zero-order valence-electron chi connectivity index (χ0n) is 34.4. The fourth-order valence-corrected chi connectivity index (χ4v) is 6.36. The Morgan fingerprint density at radius 3 is 2.13 bits per heavy atom. The molecular formula is C44H37F2N5Pt+2. The van der Waals surface area contributed by atoms with Crippen LogP contribution in [0.25, 0.3) is 27.6 Å². The summed E-state index contributed by atoms with van der Waals surface area (Å²) in [5.74, 6) is -3.11. The molecule has 0 unspecified atom stereocenters. The third-order valence-electron chi connectivity index (χ3n) is 9.19. The average molecular weight is 874 g/mol. The molecule has 0 saturated heterocycles. The number of pyridine rings is 2. The molecule has 260 valence electrons. The molecule has 1 aliphatic heterocycles. The van der Waals surface area contributed by atoms with Crippen molar-refractivity contribution >= 4 is 50.6 Å². The fourth-order valence-electron chi connectivity index (χ4n) is 6.36. The van der Waals surface area contributed by atoms with Crippen molar-refractivity contribution in [1.82, 2.24) is 23.7 Å². The van der Waals surface area contributed by atoms with Crippen molar-refractivity contribution in [3.63, 3.8) is 0 Å². The van der Waals surface area contributed by atoms with Gasteiger partial charge in [0.05, 0.1) is 6.85 Å². The van der Waals surface area contributed by atoms with Gasteiger partial charge in [0.25, 0.3) is 17.3 Å². The molecule has 1 aliphatic rings. The molecule has 0 bridgehead atoms. The standard InChI is InChI=1S/C44H37F2N5.Pt/c1-42(2,3)29-20-21-47-41(25-29)51-36-17-11-10-16-34(36)35-27-48-40(26-39(35)51)44(45,46)31-22-30(43(4,5)6)23-33(24-31)50-28-49(32-14-8-7-9-15-32)37-18-12-13-19-38(37)50;/h7-23,25,27H,1-6H3;/q;+2/i7D,8D,9D,14D,15D;. The molecule has 7 aromatic rings. The molecule has 3 aromatic heterocycles. The van der Waals surface area contributed by atoms with Crippen LogP contribution in [0.5, 0.6) is 0 Å². The number of para-hydroxylation sites is 4. The van der Waals surface area contributed by atoms with Crippen molar-refractivity contribution in [2.45, 2.75) is 58.3 Å². The van der Waals surface area contributed by atoms with Gasteiger partial charge in [-0.2, -0.15) is 20.9 Å². The molecule has 0 amide bonds. The largest absolute Gasteiger partial charge is 2.00 e. The maximum atomic E-state index is 17.2. The molecule has 0 spiro atoms. The van der Waals surface area contributed by atoms with E-state index in [0.29, 0.717) is 33.7 Å². The molecule has 0 radical (unpaired) electrons. The Hall–Kier alpha value is -5.09. The first-order valence-corrected chi connectivity index (χ1v) is 16.7. The van der Waals surface area contributed by atoms with Gasteiger partial charge in [0.2, 0.25) is 5.69 Å². The number of rotatable bonds is 5. The number of hydrogen-bond acceptors (Lipinski definition) is 2.